The minimum Gasteiger partial charge on any atom is -0.493 e. The summed E-state index contributed by atoms with van der Waals surface area (Å²) < 4.78 is 10.7. The summed E-state index contributed by atoms with van der Waals surface area (Å²) in [4.78, 5) is 15.7. The highest BCUT2D eigenvalue weighted by Crippen LogP contribution is 2.25. The standard InChI is InChI=1S/C16H18N2O3/c1-20-14-4-2-3-5-15(14)21-11-8-16(19)18-12-13-6-9-17-10-7-13/h2-7,9-10H,8,11-12H2,1H3,(H,18,19). The molecule has 2 rings (SSSR count). The van der Waals surface area contributed by atoms with Crippen LogP contribution in [0.2, 0.25) is 0 Å². The minimum atomic E-state index is -0.0540. The SMILES string of the molecule is COc1ccccc1OCCC(=O)NCc1ccncc1. The molecule has 0 saturated heterocycles. The van der Waals surface area contributed by atoms with Crippen LogP contribution in [0.15, 0.2) is 48.8 Å². The van der Waals surface area contributed by atoms with E-state index >= 15 is 0 Å². The fourth-order valence-electron chi connectivity index (χ4n) is 1.78. The third-order valence-corrected chi connectivity index (χ3v) is 2.89. The Morgan fingerprint density at radius 1 is 1.14 bits per heavy atom. The van der Waals surface area contributed by atoms with Gasteiger partial charge in [-0.25, -0.2) is 0 Å². The highest BCUT2D eigenvalue weighted by atomic mass is 16.5. The Morgan fingerprint density at radius 2 is 1.86 bits per heavy atom. The molecular formula is C16H18N2O3. The van der Waals surface area contributed by atoms with Crippen molar-refractivity contribution in [2.75, 3.05) is 13.7 Å². The second kappa shape index (κ2) is 7.89. The Kier molecular flexibility index (Phi) is 5.58. The molecule has 5 heteroatoms. The normalized spacial score (nSPS) is 9.95. The van der Waals surface area contributed by atoms with Gasteiger partial charge < -0.3 is 14.8 Å². The van der Waals surface area contributed by atoms with Crippen LogP contribution in [0.4, 0.5) is 0 Å². The van der Waals surface area contributed by atoms with Gasteiger partial charge in [0.2, 0.25) is 5.91 Å². The second-order valence-corrected chi connectivity index (χ2v) is 4.38. The third-order valence-electron chi connectivity index (χ3n) is 2.89. The van der Waals surface area contributed by atoms with Gasteiger partial charge in [-0.05, 0) is 29.8 Å². The van der Waals surface area contributed by atoms with E-state index in [1.54, 1.807) is 19.5 Å². The summed E-state index contributed by atoms with van der Waals surface area (Å²) in [6, 6.07) is 11.1. The predicted octanol–water partition coefficient (Wildman–Crippen LogP) is 2.18. The third kappa shape index (κ3) is 4.80. The molecule has 1 N–H and O–H groups in total. The van der Waals surface area contributed by atoms with Gasteiger partial charge in [-0.3, -0.25) is 9.78 Å². The molecule has 0 aliphatic rings. The first-order valence-corrected chi connectivity index (χ1v) is 6.71. The van der Waals surface area contributed by atoms with Crippen molar-refractivity contribution in [3.05, 3.63) is 54.4 Å². The van der Waals surface area contributed by atoms with Crippen LogP contribution in [0, 0.1) is 0 Å². The van der Waals surface area contributed by atoms with E-state index in [1.807, 2.05) is 36.4 Å². The average molecular weight is 286 g/mol. The number of amides is 1. The van der Waals surface area contributed by atoms with E-state index in [1.165, 1.54) is 0 Å². The summed E-state index contributed by atoms with van der Waals surface area (Å²) in [7, 11) is 1.59. The van der Waals surface area contributed by atoms with Gasteiger partial charge in [0.05, 0.1) is 20.1 Å². The summed E-state index contributed by atoms with van der Waals surface area (Å²) in [5.74, 6) is 1.25. The number of hydrogen-bond acceptors (Lipinski definition) is 4. The van der Waals surface area contributed by atoms with Crippen LogP contribution in [0.3, 0.4) is 0 Å². The fourth-order valence-corrected chi connectivity index (χ4v) is 1.78. The van der Waals surface area contributed by atoms with Crippen LogP contribution in [-0.4, -0.2) is 24.6 Å². The lowest BCUT2D eigenvalue weighted by Crippen LogP contribution is -2.24. The monoisotopic (exact) mass is 286 g/mol. The molecule has 0 saturated carbocycles. The largest absolute Gasteiger partial charge is 0.493 e. The van der Waals surface area contributed by atoms with Gasteiger partial charge in [-0.15, -0.1) is 0 Å². The number of benzene rings is 1. The van der Waals surface area contributed by atoms with Crippen molar-refractivity contribution in [2.45, 2.75) is 13.0 Å². The lowest BCUT2D eigenvalue weighted by atomic mass is 10.2. The highest BCUT2D eigenvalue weighted by Gasteiger charge is 2.05. The molecule has 0 aliphatic heterocycles. The van der Waals surface area contributed by atoms with E-state index in [0.29, 0.717) is 31.1 Å². The molecule has 110 valence electrons. The van der Waals surface area contributed by atoms with E-state index in [2.05, 4.69) is 10.3 Å². The molecule has 5 nitrogen and oxygen atoms in total. The molecule has 0 unspecified atom stereocenters. The maximum atomic E-state index is 11.7. The molecule has 1 amide bonds. The van der Waals surface area contributed by atoms with E-state index in [4.69, 9.17) is 9.47 Å². The van der Waals surface area contributed by atoms with Gasteiger partial charge >= 0.3 is 0 Å². The Bertz CT molecular complexity index is 573. The second-order valence-electron chi connectivity index (χ2n) is 4.38. The summed E-state index contributed by atoms with van der Waals surface area (Å²) >= 11 is 0. The number of nitrogens with one attached hydrogen (secondary N) is 1. The van der Waals surface area contributed by atoms with E-state index < -0.39 is 0 Å². The number of ether oxygens (including phenoxy) is 2. The maximum Gasteiger partial charge on any atom is 0.223 e. The molecular weight excluding hydrogens is 268 g/mol. The van der Waals surface area contributed by atoms with Gasteiger partial charge in [-0.2, -0.15) is 0 Å². The lowest BCUT2D eigenvalue weighted by Gasteiger charge is -2.10. The first kappa shape index (κ1) is 14.8. The number of hydrogen-bond donors (Lipinski definition) is 1. The Morgan fingerprint density at radius 3 is 2.57 bits per heavy atom. The molecule has 0 bridgehead atoms. The minimum absolute atomic E-state index is 0.0540. The molecule has 1 heterocycles. The number of pyridine rings is 1. The van der Waals surface area contributed by atoms with Crippen LogP contribution in [0.1, 0.15) is 12.0 Å². The van der Waals surface area contributed by atoms with E-state index in [0.717, 1.165) is 5.56 Å². The molecule has 0 radical (unpaired) electrons. The average Bonchev–Trinajstić information content (AvgIpc) is 2.54. The molecule has 1 aromatic heterocycles. The lowest BCUT2D eigenvalue weighted by molar-refractivity contribution is -0.121. The molecule has 0 aliphatic carbocycles. The smallest absolute Gasteiger partial charge is 0.223 e. The molecule has 1 aromatic carbocycles. The molecule has 0 fully saturated rings. The van der Waals surface area contributed by atoms with E-state index in [9.17, 15) is 4.79 Å². The first-order chi connectivity index (χ1) is 10.3. The number of methoxy groups -OCH3 is 1. The summed E-state index contributed by atoms with van der Waals surface area (Å²) in [5, 5.41) is 2.84. The van der Waals surface area contributed by atoms with Crippen molar-refractivity contribution in [3.8, 4) is 11.5 Å². The molecule has 0 spiro atoms. The van der Waals surface area contributed by atoms with Crippen molar-refractivity contribution in [2.24, 2.45) is 0 Å². The number of rotatable bonds is 7. The Hall–Kier alpha value is -2.56. The zero-order valence-electron chi connectivity index (χ0n) is 11.9. The topological polar surface area (TPSA) is 60.5 Å². The maximum absolute atomic E-state index is 11.7. The number of para-hydroxylation sites is 2. The quantitative estimate of drug-likeness (QED) is 0.847. The summed E-state index contributed by atoms with van der Waals surface area (Å²) in [6.07, 6.45) is 3.70. The van der Waals surface area contributed by atoms with Crippen molar-refractivity contribution < 1.29 is 14.3 Å². The van der Waals surface area contributed by atoms with Crippen LogP contribution >= 0.6 is 0 Å². The molecule has 2 aromatic rings. The van der Waals surface area contributed by atoms with Crippen molar-refractivity contribution >= 4 is 5.91 Å². The zero-order valence-corrected chi connectivity index (χ0v) is 11.9. The van der Waals surface area contributed by atoms with Gasteiger partial charge in [0.1, 0.15) is 0 Å². The number of carbonyl (C=O) groups is 1. The van der Waals surface area contributed by atoms with Crippen LogP contribution in [-0.2, 0) is 11.3 Å². The summed E-state index contributed by atoms with van der Waals surface area (Å²) in [5.41, 5.74) is 1.02. The number of nitrogens with zero attached hydrogens (tertiary/aromatic N) is 1. The molecule has 21 heavy (non-hydrogen) atoms. The fraction of sp³-hybridized carbons (Fsp3) is 0.250. The molecule has 0 atom stereocenters. The Balaban J connectivity index is 1.72. The zero-order chi connectivity index (χ0) is 14.9. The van der Waals surface area contributed by atoms with Crippen LogP contribution in [0.25, 0.3) is 0 Å². The number of carbonyl (C=O) groups excluding carboxylic acids is 1. The van der Waals surface area contributed by atoms with Crippen molar-refractivity contribution in [1.82, 2.24) is 10.3 Å². The number of aromatic nitrogens is 1. The first-order valence-electron chi connectivity index (χ1n) is 6.71. The van der Waals surface area contributed by atoms with Gasteiger partial charge in [0.25, 0.3) is 0 Å². The highest BCUT2D eigenvalue weighted by molar-refractivity contribution is 5.76. The predicted molar refractivity (Wildman–Crippen MR) is 79.2 cm³/mol. The van der Waals surface area contributed by atoms with Crippen molar-refractivity contribution in [1.29, 1.82) is 0 Å². The van der Waals surface area contributed by atoms with Crippen LogP contribution < -0.4 is 14.8 Å². The Labute approximate surface area is 123 Å². The summed E-state index contributed by atoms with van der Waals surface area (Å²) in [6.45, 7) is 0.804. The van der Waals surface area contributed by atoms with Gasteiger partial charge in [0, 0.05) is 18.9 Å². The van der Waals surface area contributed by atoms with Crippen LogP contribution in [0.5, 0.6) is 11.5 Å². The van der Waals surface area contributed by atoms with Gasteiger partial charge in [0.15, 0.2) is 11.5 Å². The van der Waals surface area contributed by atoms with Gasteiger partial charge in [-0.1, -0.05) is 12.1 Å². The van der Waals surface area contributed by atoms with Crippen molar-refractivity contribution in [3.63, 3.8) is 0 Å². The van der Waals surface area contributed by atoms with E-state index in [-0.39, 0.29) is 5.91 Å².